The fourth-order valence-corrected chi connectivity index (χ4v) is 2.27. The second-order valence-electron chi connectivity index (χ2n) is 4.44. The van der Waals surface area contributed by atoms with Gasteiger partial charge in [-0.2, -0.15) is 0 Å². The van der Waals surface area contributed by atoms with Crippen LogP contribution in [-0.2, 0) is 25.5 Å². The third kappa shape index (κ3) is 6.74. The number of methoxy groups -OCH3 is 1. The fraction of sp³-hybridized carbons (Fsp3) is 0.429. The highest BCUT2D eigenvalue weighted by molar-refractivity contribution is 9.10. The molecule has 1 amide bonds. The summed E-state index contributed by atoms with van der Waals surface area (Å²) in [6.07, 6.45) is 0.111. The van der Waals surface area contributed by atoms with Crippen molar-refractivity contribution < 1.29 is 24.2 Å². The first-order valence-electron chi connectivity index (χ1n) is 6.46. The van der Waals surface area contributed by atoms with Crippen molar-refractivity contribution in [1.29, 1.82) is 0 Å². The molecule has 1 rings (SSSR count). The number of carboxylic acids is 1. The van der Waals surface area contributed by atoms with E-state index in [1.165, 1.54) is 7.11 Å². The van der Waals surface area contributed by atoms with Crippen LogP contribution in [0.4, 0.5) is 0 Å². The van der Waals surface area contributed by atoms with Gasteiger partial charge in [0, 0.05) is 23.0 Å². The smallest absolute Gasteiger partial charge is 0.326 e. The maximum absolute atomic E-state index is 11.7. The van der Waals surface area contributed by atoms with Crippen LogP contribution in [0.25, 0.3) is 0 Å². The van der Waals surface area contributed by atoms with Crippen molar-refractivity contribution in [3.05, 3.63) is 33.3 Å². The highest BCUT2D eigenvalue weighted by atomic mass is 79.9. The Labute approximate surface area is 141 Å². The Kier molecular flexibility index (Phi) is 8.40. The summed E-state index contributed by atoms with van der Waals surface area (Å²) in [5.74, 6) is -1.63. The second-order valence-corrected chi connectivity index (χ2v) is 5.73. The van der Waals surface area contributed by atoms with Gasteiger partial charge in [-0.25, -0.2) is 4.79 Å². The monoisotopic (exact) mass is 393 g/mol. The molecular formula is C14H17BrClNO5. The van der Waals surface area contributed by atoms with E-state index in [1.54, 1.807) is 18.2 Å². The van der Waals surface area contributed by atoms with Crippen molar-refractivity contribution in [3.8, 4) is 0 Å². The molecule has 0 radical (unpaired) electrons. The molecule has 8 heteroatoms. The molecule has 0 saturated heterocycles. The summed E-state index contributed by atoms with van der Waals surface area (Å²) in [5.41, 5.74) is 0.695. The molecule has 0 aromatic heterocycles. The van der Waals surface area contributed by atoms with Crippen molar-refractivity contribution in [2.75, 3.05) is 26.9 Å². The van der Waals surface area contributed by atoms with Gasteiger partial charge in [0.1, 0.15) is 12.6 Å². The van der Waals surface area contributed by atoms with E-state index < -0.39 is 17.9 Å². The van der Waals surface area contributed by atoms with Gasteiger partial charge in [0.15, 0.2) is 0 Å². The number of carboxylic acid groups (broad SMARTS) is 1. The maximum atomic E-state index is 11.7. The van der Waals surface area contributed by atoms with E-state index in [9.17, 15) is 14.7 Å². The largest absolute Gasteiger partial charge is 0.480 e. The van der Waals surface area contributed by atoms with Gasteiger partial charge < -0.3 is 19.9 Å². The quantitative estimate of drug-likeness (QED) is 0.625. The van der Waals surface area contributed by atoms with Crippen molar-refractivity contribution in [1.82, 2.24) is 5.32 Å². The minimum atomic E-state index is -1.13. The summed E-state index contributed by atoms with van der Waals surface area (Å²) in [6.45, 7) is 0.413. The number of ether oxygens (including phenoxy) is 2. The molecule has 6 nitrogen and oxygen atoms in total. The predicted octanol–water partition coefficient (Wildman–Crippen LogP) is 1.88. The van der Waals surface area contributed by atoms with Crippen molar-refractivity contribution in [3.63, 3.8) is 0 Å². The third-order valence-electron chi connectivity index (χ3n) is 2.73. The molecule has 0 saturated carbocycles. The maximum Gasteiger partial charge on any atom is 0.326 e. The zero-order valence-electron chi connectivity index (χ0n) is 12.0. The van der Waals surface area contributed by atoms with Crippen LogP contribution < -0.4 is 5.32 Å². The molecule has 1 aromatic carbocycles. The van der Waals surface area contributed by atoms with Crippen molar-refractivity contribution in [2.45, 2.75) is 12.5 Å². The average molecular weight is 395 g/mol. The summed E-state index contributed by atoms with van der Waals surface area (Å²) in [7, 11) is 1.52. The fourth-order valence-electron chi connectivity index (χ4n) is 1.66. The minimum Gasteiger partial charge on any atom is -0.480 e. The van der Waals surface area contributed by atoms with E-state index in [1.807, 2.05) is 0 Å². The predicted molar refractivity (Wildman–Crippen MR) is 85.1 cm³/mol. The van der Waals surface area contributed by atoms with Crippen LogP contribution in [0.1, 0.15) is 5.56 Å². The molecule has 1 aromatic rings. The van der Waals surface area contributed by atoms with Crippen LogP contribution in [0, 0.1) is 0 Å². The lowest BCUT2D eigenvalue weighted by molar-refractivity contribution is -0.142. The van der Waals surface area contributed by atoms with Crippen molar-refractivity contribution >= 4 is 39.4 Å². The first-order valence-corrected chi connectivity index (χ1v) is 7.64. The Morgan fingerprint density at radius 2 is 2.14 bits per heavy atom. The molecule has 22 heavy (non-hydrogen) atoms. The molecule has 0 spiro atoms. The molecule has 0 fully saturated rings. The Morgan fingerprint density at radius 3 is 2.77 bits per heavy atom. The number of nitrogens with one attached hydrogen (secondary N) is 1. The number of hydrogen-bond acceptors (Lipinski definition) is 4. The number of benzene rings is 1. The highest BCUT2D eigenvalue weighted by Crippen LogP contribution is 2.22. The summed E-state index contributed by atoms with van der Waals surface area (Å²) in [5, 5.41) is 12.1. The number of amides is 1. The average Bonchev–Trinajstić information content (AvgIpc) is 2.46. The summed E-state index contributed by atoms with van der Waals surface area (Å²) in [4.78, 5) is 23.0. The van der Waals surface area contributed by atoms with Gasteiger partial charge in [0.05, 0.1) is 13.2 Å². The Bertz CT molecular complexity index is 526. The number of halogens is 2. The number of carbonyl (C=O) groups excluding carboxylic acids is 1. The van der Waals surface area contributed by atoms with Crippen LogP contribution in [0.3, 0.4) is 0 Å². The molecule has 0 bridgehead atoms. The van der Waals surface area contributed by atoms with Gasteiger partial charge in [0.25, 0.3) is 0 Å². The van der Waals surface area contributed by atoms with E-state index >= 15 is 0 Å². The molecule has 1 atom stereocenters. The standard InChI is InChI=1S/C14H17BrClNO5/c1-21-4-5-22-8-13(18)17-12(14(19)20)7-9-6-10(16)2-3-11(9)15/h2-3,6,12H,4-5,7-8H2,1H3,(H,17,18)(H,19,20)/t12-/m0/s1. The SMILES string of the molecule is COCCOCC(=O)N[C@@H](Cc1cc(Cl)ccc1Br)C(=O)O. The third-order valence-corrected chi connectivity index (χ3v) is 3.74. The van der Waals surface area contributed by atoms with Crippen molar-refractivity contribution in [2.24, 2.45) is 0 Å². The van der Waals surface area contributed by atoms with Gasteiger partial charge in [-0.1, -0.05) is 27.5 Å². The molecular weight excluding hydrogens is 378 g/mol. The summed E-state index contributed by atoms with van der Waals surface area (Å²) in [6, 6.07) is 4.01. The van der Waals surface area contributed by atoms with Crippen LogP contribution >= 0.6 is 27.5 Å². The van der Waals surface area contributed by atoms with Crippen LogP contribution in [0.2, 0.25) is 5.02 Å². The van der Waals surface area contributed by atoms with Gasteiger partial charge in [-0.15, -0.1) is 0 Å². The summed E-state index contributed by atoms with van der Waals surface area (Å²) < 4.78 is 10.6. The van der Waals surface area contributed by atoms with E-state index in [-0.39, 0.29) is 19.6 Å². The van der Waals surface area contributed by atoms with E-state index in [2.05, 4.69) is 21.2 Å². The lowest BCUT2D eigenvalue weighted by Gasteiger charge is -2.16. The molecule has 122 valence electrons. The van der Waals surface area contributed by atoms with Crippen LogP contribution in [0.5, 0.6) is 0 Å². The minimum absolute atomic E-state index is 0.111. The summed E-state index contributed by atoms with van der Waals surface area (Å²) >= 11 is 9.23. The number of hydrogen-bond donors (Lipinski definition) is 2. The number of aliphatic carboxylic acids is 1. The van der Waals surface area contributed by atoms with Crippen LogP contribution in [-0.4, -0.2) is 50.0 Å². The zero-order valence-corrected chi connectivity index (χ0v) is 14.3. The van der Waals surface area contributed by atoms with E-state index in [0.717, 1.165) is 4.47 Å². The Balaban J connectivity index is 2.60. The van der Waals surface area contributed by atoms with E-state index in [0.29, 0.717) is 17.2 Å². The lowest BCUT2D eigenvalue weighted by atomic mass is 10.1. The van der Waals surface area contributed by atoms with Gasteiger partial charge >= 0.3 is 5.97 Å². The van der Waals surface area contributed by atoms with Gasteiger partial charge in [-0.05, 0) is 23.8 Å². The molecule has 0 aliphatic carbocycles. The zero-order chi connectivity index (χ0) is 16.5. The number of carbonyl (C=O) groups is 2. The second kappa shape index (κ2) is 9.78. The van der Waals surface area contributed by atoms with Gasteiger partial charge in [0.2, 0.25) is 5.91 Å². The normalized spacial score (nSPS) is 12.0. The molecule has 0 aliphatic rings. The molecule has 2 N–H and O–H groups in total. The highest BCUT2D eigenvalue weighted by Gasteiger charge is 2.21. The Hall–Kier alpha value is -1.15. The van der Waals surface area contributed by atoms with Gasteiger partial charge in [-0.3, -0.25) is 4.79 Å². The molecule has 0 heterocycles. The number of rotatable bonds is 9. The van der Waals surface area contributed by atoms with E-state index in [4.69, 9.17) is 21.1 Å². The molecule has 0 aliphatic heterocycles. The molecule has 0 unspecified atom stereocenters. The topological polar surface area (TPSA) is 84.9 Å². The first-order chi connectivity index (χ1) is 10.4. The van der Waals surface area contributed by atoms with Crippen LogP contribution in [0.15, 0.2) is 22.7 Å². The Morgan fingerprint density at radius 1 is 1.41 bits per heavy atom. The first kappa shape index (κ1) is 18.9. The lowest BCUT2D eigenvalue weighted by Crippen LogP contribution is -2.44.